The molecule has 2 aliphatic carbocycles. The van der Waals surface area contributed by atoms with Crippen LogP contribution in [0.2, 0.25) is 0 Å². The maximum absolute atomic E-state index is 4.68. The topological polar surface area (TPSA) is 36.4 Å². The minimum absolute atomic E-state index is 0. The second-order valence-corrected chi connectivity index (χ2v) is 6.72. The van der Waals surface area contributed by atoms with E-state index in [9.17, 15) is 0 Å². The summed E-state index contributed by atoms with van der Waals surface area (Å²) in [5.74, 6) is 2.46. The summed E-state index contributed by atoms with van der Waals surface area (Å²) in [6.07, 6.45) is 3.91. The van der Waals surface area contributed by atoms with E-state index < -0.39 is 0 Å². The molecule has 116 valence electrons. The molecule has 0 spiro atoms. The standard InChI is InChI=1S/C16H22BrN3.HI/c1-2-18-16(19-10-11-3-4-11)20-15-9-14(15)12-5-7-13(17)8-6-12;/h5-8,11,14-15H,2-4,9-10H2,1H3,(H2,18,19,20);1H. The molecule has 2 atom stereocenters. The summed E-state index contributed by atoms with van der Waals surface area (Å²) in [5.41, 5.74) is 1.42. The van der Waals surface area contributed by atoms with Crippen molar-refractivity contribution in [1.29, 1.82) is 0 Å². The Kier molecular flexibility index (Phi) is 6.34. The molecule has 3 nitrogen and oxygen atoms in total. The summed E-state index contributed by atoms with van der Waals surface area (Å²) in [4.78, 5) is 4.68. The number of nitrogens with zero attached hydrogens (tertiary/aromatic N) is 1. The van der Waals surface area contributed by atoms with E-state index in [0.29, 0.717) is 12.0 Å². The molecular formula is C16H23BrIN3. The van der Waals surface area contributed by atoms with Gasteiger partial charge in [0.25, 0.3) is 0 Å². The van der Waals surface area contributed by atoms with Crippen LogP contribution in [0.25, 0.3) is 0 Å². The SMILES string of the molecule is CCNC(=NCC1CC1)NC1CC1c1ccc(Br)cc1.I. The lowest BCUT2D eigenvalue weighted by Gasteiger charge is -2.11. The molecule has 0 aliphatic heterocycles. The molecule has 0 radical (unpaired) electrons. The van der Waals surface area contributed by atoms with Gasteiger partial charge < -0.3 is 10.6 Å². The molecule has 1 aromatic carbocycles. The number of hydrogen-bond acceptors (Lipinski definition) is 1. The van der Waals surface area contributed by atoms with Crippen LogP contribution in [0, 0.1) is 5.92 Å². The second kappa shape index (κ2) is 7.81. The van der Waals surface area contributed by atoms with Crippen molar-refractivity contribution in [3.63, 3.8) is 0 Å². The zero-order valence-corrected chi connectivity index (χ0v) is 16.2. The zero-order valence-electron chi connectivity index (χ0n) is 12.3. The van der Waals surface area contributed by atoms with E-state index in [-0.39, 0.29) is 24.0 Å². The summed E-state index contributed by atoms with van der Waals surface area (Å²) in [5, 5.41) is 6.91. The predicted octanol–water partition coefficient (Wildman–Crippen LogP) is 3.89. The molecule has 0 heterocycles. The molecule has 1 aromatic rings. The Morgan fingerprint density at radius 3 is 2.62 bits per heavy atom. The normalized spacial score (nSPS) is 24.2. The first-order chi connectivity index (χ1) is 9.76. The van der Waals surface area contributed by atoms with Gasteiger partial charge in [0.2, 0.25) is 0 Å². The van der Waals surface area contributed by atoms with E-state index in [4.69, 9.17) is 0 Å². The van der Waals surface area contributed by atoms with Crippen molar-refractivity contribution in [2.24, 2.45) is 10.9 Å². The highest BCUT2D eigenvalue weighted by molar-refractivity contribution is 14.0. The fourth-order valence-corrected chi connectivity index (χ4v) is 2.71. The Labute approximate surface area is 152 Å². The van der Waals surface area contributed by atoms with Crippen molar-refractivity contribution >= 4 is 45.9 Å². The quantitative estimate of drug-likeness (QED) is 0.395. The number of hydrogen-bond donors (Lipinski definition) is 2. The van der Waals surface area contributed by atoms with Gasteiger partial charge in [-0.2, -0.15) is 0 Å². The summed E-state index contributed by atoms with van der Waals surface area (Å²) in [7, 11) is 0. The summed E-state index contributed by atoms with van der Waals surface area (Å²) >= 11 is 3.49. The third-order valence-corrected chi connectivity index (χ3v) is 4.49. The van der Waals surface area contributed by atoms with Crippen LogP contribution >= 0.6 is 39.9 Å². The zero-order chi connectivity index (χ0) is 13.9. The second-order valence-electron chi connectivity index (χ2n) is 5.81. The number of rotatable bonds is 5. The van der Waals surface area contributed by atoms with Crippen molar-refractivity contribution in [2.45, 2.75) is 38.1 Å². The van der Waals surface area contributed by atoms with E-state index in [0.717, 1.165) is 29.4 Å². The van der Waals surface area contributed by atoms with Gasteiger partial charge >= 0.3 is 0 Å². The van der Waals surface area contributed by atoms with Crippen LogP contribution in [0.4, 0.5) is 0 Å². The number of halogens is 2. The van der Waals surface area contributed by atoms with E-state index in [2.05, 4.69) is 62.7 Å². The summed E-state index contributed by atoms with van der Waals surface area (Å²) < 4.78 is 1.14. The van der Waals surface area contributed by atoms with E-state index in [1.165, 1.54) is 24.8 Å². The van der Waals surface area contributed by atoms with Gasteiger partial charge in [0.05, 0.1) is 0 Å². The lowest BCUT2D eigenvalue weighted by molar-refractivity contribution is 0.772. The maximum atomic E-state index is 4.68. The molecule has 2 fully saturated rings. The smallest absolute Gasteiger partial charge is 0.191 e. The molecule has 2 saturated carbocycles. The number of aliphatic imine (C=N–C) groups is 1. The first-order valence-electron chi connectivity index (χ1n) is 7.56. The van der Waals surface area contributed by atoms with Gasteiger partial charge in [-0.3, -0.25) is 4.99 Å². The first kappa shape index (κ1) is 17.1. The fourth-order valence-electron chi connectivity index (χ4n) is 2.45. The molecule has 2 N–H and O–H groups in total. The van der Waals surface area contributed by atoms with Crippen LogP contribution in [0.3, 0.4) is 0 Å². The average Bonchev–Trinajstić information content (AvgIpc) is 3.33. The van der Waals surface area contributed by atoms with Crippen molar-refractivity contribution in [3.05, 3.63) is 34.3 Å². The molecule has 2 aliphatic rings. The van der Waals surface area contributed by atoms with Gasteiger partial charge in [-0.05, 0) is 49.8 Å². The van der Waals surface area contributed by atoms with Crippen LogP contribution in [-0.4, -0.2) is 25.1 Å². The largest absolute Gasteiger partial charge is 0.357 e. The van der Waals surface area contributed by atoms with Crippen molar-refractivity contribution in [1.82, 2.24) is 10.6 Å². The van der Waals surface area contributed by atoms with Gasteiger partial charge in [-0.15, -0.1) is 24.0 Å². The molecule has 0 saturated heterocycles. The Morgan fingerprint density at radius 1 is 1.29 bits per heavy atom. The Balaban J connectivity index is 0.00000161. The van der Waals surface area contributed by atoms with Crippen molar-refractivity contribution < 1.29 is 0 Å². The van der Waals surface area contributed by atoms with Crippen molar-refractivity contribution in [3.8, 4) is 0 Å². The minimum Gasteiger partial charge on any atom is -0.357 e. The number of guanidine groups is 1. The van der Waals surface area contributed by atoms with Crippen LogP contribution in [0.1, 0.15) is 37.7 Å². The maximum Gasteiger partial charge on any atom is 0.191 e. The van der Waals surface area contributed by atoms with Crippen LogP contribution in [0.15, 0.2) is 33.7 Å². The third-order valence-electron chi connectivity index (χ3n) is 3.96. The fraction of sp³-hybridized carbons (Fsp3) is 0.562. The third kappa shape index (κ3) is 5.13. The highest BCUT2D eigenvalue weighted by atomic mass is 127. The lowest BCUT2D eigenvalue weighted by atomic mass is 10.1. The van der Waals surface area contributed by atoms with Gasteiger partial charge in [0.15, 0.2) is 5.96 Å². The van der Waals surface area contributed by atoms with E-state index in [1.54, 1.807) is 0 Å². The lowest BCUT2D eigenvalue weighted by Crippen LogP contribution is -2.39. The van der Waals surface area contributed by atoms with Gasteiger partial charge in [-0.1, -0.05) is 28.1 Å². The van der Waals surface area contributed by atoms with Crippen LogP contribution in [0.5, 0.6) is 0 Å². The average molecular weight is 464 g/mol. The molecule has 21 heavy (non-hydrogen) atoms. The summed E-state index contributed by atoms with van der Waals surface area (Å²) in [6.45, 7) is 4.02. The monoisotopic (exact) mass is 463 g/mol. The molecule has 0 bridgehead atoms. The Morgan fingerprint density at radius 2 is 2.00 bits per heavy atom. The van der Waals surface area contributed by atoms with Crippen LogP contribution in [-0.2, 0) is 0 Å². The molecule has 2 unspecified atom stereocenters. The van der Waals surface area contributed by atoms with Gasteiger partial charge in [-0.25, -0.2) is 0 Å². The molecular weight excluding hydrogens is 441 g/mol. The highest BCUT2D eigenvalue weighted by Crippen LogP contribution is 2.41. The molecule has 0 aromatic heterocycles. The number of nitrogens with one attached hydrogen (secondary N) is 2. The van der Waals surface area contributed by atoms with E-state index in [1.807, 2.05) is 0 Å². The first-order valence-corrected chi connectivity index (χ1v) is 8.36. The number of benzene rings is 1. The van der Waals surface area contributed by atoms with E-state index >= 15 is 0 Å². The summed E-state index contributed by atoms with van der Waals surface area (Å²) in [6, 6.07) is 9.21. The van der Waals surface area contributed by atoms with Crippen LogP contribution < -0.4 is 10.6 Å². The molecule has 5 heteroatoms. The molecule has 0 amide bonds. The van der Waals surface area contributed by atoms with Gasteiger partial charge in [0, 0.05) is 29.5 Å². The van der Waals surface area contributed by atoms with Crippen molar-refractivity contribution in [2.75, 3.05) is 13.1 Å². The van der Waals surface area contributed by atoms with Gasteiger partial charge in [0.1, 0.15) is 0 Å². The highest BCUT2D eigenvalue weighted by Gasteiger charge is 2.39. The Bertz CT molecular complexity index is 485. The predicted molar refractivity (Wildman–Crippen MR) is 103 cm³/mol. The minimum atomic E-state index is 0. The molecule has 3 rings (SSSR count). The Hall–Kier alpha value is -0.300.